The van der Waals surface area contributed by atoms with Crippen LogP contribution in [-0.2, 0) is 16.6 Å². The SMILES string of the molecule is CCN1C(=O)C(C#N)=C(C)/C(=C/c2nc3c(nc(-c4ccccc4)n3C)o2)C1=O. The van der Waals surface area contributed by atoms with Crippen LogP contribution in [0.4, 0.5) is 0 Å². The number of aryl methyl sites for hydroxylation is 1. The number of aromatic nitrogens is 3. The number of imidazole rings is 1. The zero-order valence-electron chi connectivity index (χ0n) is 16.1. The smallest absolute Gasteiger partial charge is 0.271 e. The third-order valence-corrected chi connectivity index (χ3v) is 4.89. The van der Waals surface area contributed by atoms with E-state index in [9.17, 15) is 14.9 Å². The van der Waals surface area contributed by atoms with E-state index in [0.717, 1.165) is 10.5 Å². The van der Waals surface area contributed by atoms with Crippen LogP contribution in [0, 0.1) is 11.3 Å². The maximum absolute atomic E-state index is 12.7. The van der Waals surface area contributed by atoms with Crippen LogP contribution in [0.3, 0.4) is 0 Å². The minimum absolute atomic E-state index is 0.0571. The van der Waals surface area contributed by atoms with Crippen LogP contribution in [-0.4, -0.2) is 37.8 Å². The number of imide groups is 1. The summed E-state index contributed by atoms with van der Waals surface area (Å²) >= 11 is 0. The van der Waals surface area contributed by atoms with E-state index < -0.39 is 11.8 Å². The zero-order valence-corrected chi connectivity index (χ0v) is 16.1. The number of likely N-dealkylation sites (N-methyl/N-ethyl adjacent to an activating group) is 1. The minimum Gasteiger partial charge on any atom is -0.417 e. The number of hydrogen-bond donors (Lipinski definition) is 0. The molecule has 1 aliphatic heterocycles. The second kappa shape index (κ2) is 6.87. The van der Waals surface area contributed by atoms with E-state index in [2.05, 4.69) is 9.97 Å². The van der Waals surface area contributed by atoms with Crippen molar-refractivity contribution in [1.82, 2.24) is 19.4 Å². The van der Waals surface area contributed by atoms with Gasteiger partial charge in [-0.25, -0.2) is 0 Å². The summed E-state index contributed by atoms with van der Waals surface area (Å²) in [5, 5.41) is 9.33. The highest BCUT2D eigenvalue weighted by Crippen LogP contribution is 2.29. The van der Waals surface area contributed by atoms with Crippen molar-refractivity contribution in [1.29, 1.82) is 5.26 Å². The maximum atomic E-state index is 12.7. The topological polar surface area (TPSA) is 105 Å². The van der Waals surface area contributed by atoms with E-state index >= 15 is 0 Å². The average molecular weight is 387 g/mol. The molecule has 0 radical (unpaired) electrons. The van der Waals surface area contributed by atoms with E-state index in [-0.39, 0.29) is 23.6 Å². The third kappa shape index (κ3) is 2.84. The highest BCUT2D eigenvalue weighted by Gasteiger charge is 2.34. The molecule has 0 N–H and O–H groups in total. The Hall–Kier alpha value is -3.99. The van der Waals surface area contributed by atoms with Crippen LogP contribution in [0.1, 0.15) is 19.7 Å². The van der Waals surface area contributed by atoms with Crippen molar-refractivity contribution in [2.24, 2.45) is 7.05 Å². The van der Waals surface area contributed by atoms with Crippen molar-refractivity contribution in [2.45, 2.75) is 13.8 Å². The molecule has 8 nitrogen and oxygen atoms in total. The molecule has 2 aromatic heterocycles. The van der Waals surface area contributed by atoms with E-state index in [4.69, 9.17) is 4.42 Å². The Morgan fingerprint density at radius 3 is 2.52 bits per heavy atom. The molecule has 4 rings (SSSR count). The summed E-state index contributed by atoms with van der Waals surface area (Å²) < 4.78 is 7.54. The first-order chi connectivity index (χ1) is 14.0. The molecule has 2 amide bonds. The monoisotopic (exact) mass is 387 g/mol. The van der Waals surface area contributed by atoms with Crippen LogP contribution in [0.2, 0.25) is 0 Å². The van der Waals surface area contributed by atoms with E-state index in [1.165, 1.54) is 6.08 Å². The number of rotatable bonds is 3. The summed E-state index contributed by atoms with van der Waals surface area (Å²) in [5.41, 5.74) is 2.26. The van der Waals surface area contributed by atoms with E-state index in [1.807, 2.05) is 48.0 Å². The number of benzene rings is 1. The molecule has 8 heteroatoms. The van der Waals surface area contributed by atoms with Crippen molar-refractivity contribution in [2.75, 3.05) is 6.54 Å². The molecule has 0 spiro atoms. The number of carbonyl (C=O) groups is 2. The quantitative estimate of drug-likeness (QED) is 0.505. The molecule has 0 aliphatic carbocycles. The van der Waals surface area contributed by atoms with Gasteiger partial charge in [-0.1, -0.05) is 30.3 Å². The Kier molecular flexibility index (Phi) is 4.35. The summed E-state index contributed by atoms with van der Waals surface area (Å²) in [5.74, 6) is -0.163. The molecule has 1 aromatic carbocycles. The number of oxazole rings is 1. The lowest BCUT2D eigenvalue weighted by atomic mass is 9.95. The van der Waals surface area contributed by atoms with E-state index in [0.29, 0.717) is 22.8 Å². The molecule has 0 unspecified atom stereocenters. The van der Waals surface area contributed by atoms with Crippen LogP contribution in [0.5, 0.6) is 0 Å². The summed E-state index contributed by atoms with van der Waals surface area (Å²) in [6, 6.07) is 11.5. The number of nitriles is 1. The van der Waals surface area contributed by atoms with Crippen LogP contribution >= 0.6 is 0 Å². The van der Waals surface area contributed by atoms with Gasteiger partial charge in [-0.05, 0) is 19.4 Å². The van der Waals surface area contributed by atoms with Crippen LogP contribution in [0.25, 0.3) is 28.8 Å². The van der Waals surface area contributed by atoms with Crippen molar-refractivity contribution >= 4 is 29.3 Å². The fraction of sp³-hybridized carbons (Fsp3) is 0.190. The lowest BCUT2D eigenvalue weighted by Gasteiger charge is -2.25. The Balaban J connectivity index is 1.80. The van der Waals surface area contributed by atoms with Gasteiger partial charge in [0, 0.05) is 30.8 Å². The number of nitrogens with zero attached hydrogens (tertiary/aromatic N) is 5. The molecular formula is C21H17N5O3. The molecule has 3 heterocycles. The number of amides is 2. The highest BCUT2D eigenvalue weighted by molar-refractivity contribution is 6.19. The van der Waals surface area contributed by atoms with Gasteiger partial charge in [-0.3, -0.25) is 14.5 Å². The number of hydrogen-bond acceptors (Lipinski definition) is 6. The van der Waals surface area contributed by atoms with Gasteiger partial charge in [0.2, 0.25) is 11.5 Å². The highest BCUT2D eigenvalue weighted by atomic mass is 16.4. The Morgan fingerprint density at radius 2 is 1.90 bits per heavy atom. The van der Waals surface area contributed by atoms with Gasteiger partial charge in [0.1, 0.15) is 17.5 Å². The zero-order chi connectivity index (χ0) is 20.7. The first-order valence-corrected chi connectivity index (χ1v) is 9.04. The minimum atomic E-state index is -0.582. The molecule has 1 aliphatic rings. The van der Waals surface area contributed by atoms with Crippen molar-refractivity contribution < 1.29 is 14.0 Å². The first-order valence-electron chi connectivity index (χ1n) is 9.04. The molecule has 0 atom stereocenters. The predicted octanol–water partition coefficient (Wildman–Crippen LogP) is 2.84. The Morgan fingerprint density at radius 1 is 1.17 bits per heavy atom. The molecule has 0 saturated heterocycles. The normalized spacial score (nSPS) is 16.2. The van der Waals surface area contributed by atoms with Gasteiger partial charge in [-0.2, -0.15) is 15.2 Å². The van der Waals surface area contributed by atoms with Crippen LogP contribution in [0.15, 0.2) is 51.5 Å². The molecule has 0 saturated carbocycles. The summed E-state index contributed by atoms with van der Waals surface area (Å²) in [6.45, 7) is 3.42. The standard InChI is InChI=1S/C21H17N5O3/c1-4-26-20(27)14(12(2)15(11-22)21(26)28)10-16-23-18-19(29-16)24-17(25(18)3)13-8-6-5-7-9-13/h5-10H,4H2,1-3H3/b14-10-. The van der Waals surface area contributed by atoms with Gasteiger partial charge in [-0.15, -0.1) is 0 Å². The van der Waals surface area contributed by atoms with Crippen LogP contribution < -0.4 is 0 Å². The van der Waals surface area contributed by atoms with Gasteiger partial charge < -0.3 is 8.98 Å². The third-order valence-electron chi connectivity index (χ3n) is 4.89. The Labute approximate surface area is 166 Å². The molecule has 3 aromatic rings. The summed E-state index contributed by atoms with van der Waals surface area (Å²) in [6.07, 6.45) is 1.45. The molecule has 144 valence electrons. The van der Waals surface area contributed by atoms with Gasteiger partial charge in [0.15, 0.2) is 0 Å². The largest absolute Gasteiger partial charge is 0.417 e. The number of carbonyl (C=O) groups excluding carboxylic acids is 2. The molecular weight excluding hydrogens is 370 g/mol. The van der Waals surface area contributed by atoms with E-state index in [1.54, 1.807) is 13.8 Å². The summed E-state index contributed by atoms with van der Waals surface area (Å²) in [7, 11) is 1.83. The molecule has 29 heavy (non-hydrogen) atoms. The average Bonchev–Trinajstić information content (AvgIpc) is 3.25. The predicted molar refractivity (Wildman–Crippen MR) is 105 cm³/mol. The second-order valence-electron chi connectivity index (χ2n) is 6.57. The lowest BCUT2D eigenvalue weighted by Crippen LogP contribution is -2.42. The molecule has 0 bridgehead atoms. The summed E-state index contributed by atoms with van der Waals surface area (Å²) in [4.78, 5) is 34.9. The van der Waals surface area contributed by atoms with Crippen molar-refractivity contribution in [3.63, 3.8) is 0 Å². The number of fused-ring (bicyclic) bond motifs is 1. The van der Waals surface area contributed by atoms with Crippen molar-refractivity contribution in [3.05, 3.63) is 52.9 Å². The fourth-order valence-electron chi connectivity index (χ4n) is 3.33. The molecule has 0 fully saturated rings. The second-order valence-corrected chi connectivity index (χ2v) is 6.57. The lowest BCUT2D eigenvalue weighted by molar-refractivity contribution is -0.140. The van der Waals surface area contributed by atoms with Crippen molar-refractivity contribution in [3.8, 4) is 17.5 Å². The first kappa shape index (κ1) is 18.4. The van der Waals surface area contributed by atoms with Gasteiger partial charge in [0.25, 0.3) is 17.5 Å². The maximum Gasteiger partial charge on any atom is 0.271 e. The van der Waals surface area contributed by atoms with Gasteiger partial charge in [0.05, 0.1) is 0 Å². The fourth-order valence-corrected chi connectivity index (χ4v) is 3.33. The van der Waals surface area contributed by atoms with Gasteiger partial charge >= 0.3 is 0 Å². The Bertz CT molecular complexity index is 1250.